The van der Waals surface area contributed by atoms with Crippen LogP contribution in [0.2, 0.25) is 0 Å². The van der Waals surface area contributed by atoms with E-state index in [1.54, 1.807) is 0 Å². The van der Waals surface area contributed by atoms with E-state index in [-0.39, 0.29) is 21.1 Å². The Hall–Kier alpha value is -5.07. The second kappa shape index (κ2) is 8.98. The van der Waals surface area contributed by atoms with Crippen molar-refractivity contribution >= 4 is 44.1 Å². The molecule has 7 aromatic rings. The van der Waals surface area contributed by atoms with E-state index in [0.29, 0.717) is 45.9 Å². The molecule has 2 aliphatic rings. The van der Waals surface area contributed by atoms with Gasteiger partial charge in [-0.2, -0.15) is 0 Å². The fourth-order valence-corrected chi connectivity index (χ4v) is 5.59. The van der Waals surface area contributed by atoms with Gasteiger partial charge in [0.25, 0.3) is 0 Å². The van der Waals surface area contributed by atoms with Crippen molar-refractivity contribution in [2.75, 3.05) is 0 Å². The zero-order valence-corrected chi connectivity index (χ0v) is 24.3. The smallest absolute Gasteiger partial charge is 0.164 e. The summed E-state index contributed by atoms with van der Waals surface area (Å²) >= 11 is 0. The second-order valence-electron chi connectivity index (χ2n) is 9.79. The third kappa shape index (κ3) is 3.57. The van der Waals surface area contributed by atoms with Gasteiger partial charge in [-0.25, -0.2) is 29.9 Å². The van der Waals surface area contributed by atoms with E-state index in [2.05, 4.69) is 9.97 Å². The van der Waals surface area contributed by atoms with Crippen LogP contribution in [0.25, 0.3) is 89.7 Å². The van der Waals surface area contributed by atoms with E-state index in [1.165, 1.54) is 0 Å². The molecular weight excluding hydrogens is 680 g/mol. The van der Waals surface area contributed by atoms with Gasteiger partial charge in [-0.3, -0.25) is 0 Å². The van der Waals surface area contributed by atoms with Crippen molar-refractivity contribution in [1.82, 2.24) is 39.9 Å². The number of nitrogens with zero attached hydrogens (tertiary/aromatic N) is 6. The molecule has 0 unspecified atom stereocenters. The predicted octanol–water partition coefficient (Wildman–Crippen LogP) is 6.87. The van der Waals surface area contributed by atoms with Gasteiger partial charge < -0.3 is 9.97 Å². The van der Waals surface area contributed by atoms with Crippen molar-refractivity contribution in [3.63, 3.8) is 0 Å². The molecule has 0 amide bonds. The Labute approximate surface area is 246 Å². The molecule has 8 bridgehead atoms. The van der Waals surface area contributed by atoms with Crippen molar-refractivity contribution < 1.29 is 21.1 Å². The SMILES string of the molecule is [W].c1ccc2c(c1)-c1nc-2nc2[nH]c(nc3nc(nc4[nH]c(n1)c1ccccc41)-c1ccccc1-3)c1ccccc21. The van der Waals surface area contributed by atoms with Crippen LogP contribution in [0.5, 0.6) is 0 Å². The summed E-state index contributed by atoms with van der Waals surface area (Å²) in [4.78, 5) is 36.8. The number of benzene rings is 4. The molecule has 9 rings (SSSR count). The third-order valence-electron chi connectivity index (χ3n) is 7.46. The number of hydrogen-bond donors (Lipinski definition) is 2. The molecule has 2 aliphatic heterocycles. The summed E-state index contributed by atoms with van der Waals surface area (Å²) < 4.78 is 0. The van der Waals surface area contributed by atoms with E-state index in [9.17, 15) is 0 Å². The minimum Gasteiger partial charge on any atom is -0.324 e. The van der Waals surface area contributed by atoms with Gasteiger partial charge >= 0.3 is 0 Å². The maximum Gasteiger partial charge on any atom is 0.164 e. The molecular formula is C32H18N8W. The molecule has 192 valence electrons. The normalized spacial score (nSPS) is 11.7. The monoisotopic (exact) mass is 698 g/mol. The summed E-state index contributed by atoms with van der Waals surface area (Å²) in [6.07, 6.45) is 0. The van der Waals surface area contributed by atoms with Gasteiger partial charge in [0.05, 0.1) is 0 Å². The van der Waals surface area contributed by atoms with E-state index >= 15 is 0 Å². The van der Waals surface area contributed by atoms with E-state index in [0.717, 1.165) is 43.8 Å². The van der Waals surface area contributed by atoms with E-state index < -0.39 is 0 Å². The van der Waals surface area contributed by atoms with Crippen molar-refractivity contribution in [2.24, 2.45) is 0 Å². The first kappa shape index (κ1) is 23.8. The number of rotatable bonds is 0. The average Bonchev–Trinajstić information content (AvgIpc) is 3.73. The summed E-state index contributed by atoms with van der Waals surface area (Å²) in [5.74, 6) is 2.39. The third-order valence-corrected chi connectivity index (χ3v) is 7.46. The van der Waals surface area contributed by atoms with Gasteiger partial charge in [-0.1, -0.05) is 97.1 Å². The number of aromatic amines is 2. The molecule has 0 radical (unpaired) electrons. The first-order valence-electron chi connectivity index (χ1n) is 13.0. The van der Waals surface area contributed by atoms with Crippen molar-refractivity contribution in [1.29, 1.82) is 0 Å². The van der Waals surface area contributed by atoms with Crippen LogP contribution >= 0.6 is 0 Å². The molecule has 2 N–H and O–H groups in total. The summed E-state index contributed by atoms with van der Waals surface area (Å²) in [5.41, 5.74) is 6.45. The molecule has 0 spiro atoms. The van der Waals surface area contributed by atoms with Crippen molar-refractivity contribution in [3.8, 4) is 45.6 Å². The average molecular weight is 698 g/mol. The van der Waals surface area contributed by atoms with Gasteiger partial charge in [-0.15, -0.1) is 0 Å². The molecule has 4 aromatic carbocycles. The van der Waals surface area contributed by atoms with Crippen LogP contribution < -0.4 is 0 Å². The number of fused-ring (bicyclic) bond motifs is 20. The van der Waals surface area contributed by atoms with Gasteiger partial charge in [0.15, 0.2) is 23.3 Å². The maximum absolute atomic E-state index is 5.02. The Morgan fingerprint density at radius 2 is 0.561 bits per heavy atom. The number of H-pyrrole nitrogens is 2. The molecule has 0 atom stereocenters. The Morgan fingerprint density at radius 1 is 0.317 bits per heavy atom. The Bertz CT molecular complexity index is 2030. The summed E-state index contributed by atoms with van der Waals surface area (Å²) in [5, 5.41) is 3.82. The molecule has 0 saturated carbocycles. The fraction of sp³-hybridized carbons (Fsp3) is 0. The van der Waals surface area contributed by atoms with Crippen molar-refractivity contribution in [3.05, 3.63) is 97.1 Å². The molecule has 9 heteroatoms. The van der Waals surface area contributed by atoms with Gasteiger partial charge in [0.2, 0.25) is 0 Å². The first-order chi connectivity index (χ1) is 19.8. The summed E-state index contributed by atoms with van der Waals surface area (Å²) in [6, 6.07) is 32.2. The van der Waals surface area contributed by atoms with Crippen LogP contribution in [-0.4, -0.2) is 39.9 Å². The predicted molar refractivity (Wildman–Crippen MR) is 156 cm³/mol. The minimum atomic E-state index is 0. The van der Waals surface area contributed by atoms with Crippen LogP contribution in [0.4, 0.5) is 0 Å². The summed E-state index contributed by atoms with van der Waals surface area (Å²) in [6.45, 7) is 0. The number of nitrogens with one attached hydrogen (secondary N) is 2. The number of aromatic nitrogens is 8. The second-order valence-corrected chi connectivity index (χ2v) is 9.79. The molecule has 5 heterocycles. The maximum atomic E-state index is 5.02. The fourth-order valence-electron chi connectivity index (χ4n) is 5.59. The molecule has 8 nitrogen and oxygen atoms in total. The molecule has 3 aromatic heterocycles. The topological polar surface area (TPSA) is 109 Å². The standard InChI is InChI=1S/C32H18N8.W/c1-2-10-18-17(9-1)25-33-26(18)38-28-21-13-5-6-14-22(21)30(35-28)40-32-24-16-8-7-15-23(24)31(36-32)39-29-20-12-4-3-11-19(20)27(34-29)37-25;/h1-16H,(H2,33,34,35,36,37,38,39,40);. The largest absolute Gasteiger partial charge is 0.324 e. The zero-order chi connectivity index (χ0) is 26.2. The Balaban J connectivity index is 0.00000256. The quantitative estimate of drug-likeness (QED) is 0.179. The van der Waals surface area contributed by atoms with Crippen LogP contribution in [0.3, 0.4) is 0 Å². The molecule has 41 heavy (non-hydrogen) atoms. The van der Waals surface area contributed by atoms with Gasteiger partial charge in [0.1, 0.15) is 22.6 Å². The van der Waals surface area contributed by atoms with Crippen LogP contribution in [0.1, 0.15) is 0 Å². The van der Waals surface area contributed by atoms with E-state index in [4.69, 9.17) is 29.9 Å². The van der Waals surface area contributed by atoms with Crippen LogP contribution in [0.15, 0.2) is 97.1 Å². The van der Waals surface area contributed by atoms with Crippen LogP contribution in [0, 0.1) is 0 Å². The zero-order valence-electron chi connectivity index (χ0n) is 21.3. The van der Waals surface area contributed by atoms with Crippen molar-refractivity contribution in [2.45, 2.75) is 0 Å². The van der Waals surface area contributed by atoms with Gasteiger partial charge in [0, 0.05) is 64.9 Å². The molecule has 0 fully saturated rings. The summed E-state index contributed by atoms with van der Waals surface area (Å²) in [7, 11) is 0. The molecule has 0 aliphatic carbocycles. The molecule has 0 saturated heterocycles. The Kier molecular flexibility index (Phi) is 5.21. The number of hydrogen-bond acceptors (Lipinski definition) is 6. The Morgan fingerprint density at radius 3 is 0.829 bits per heavy atom. The van der Waals surface area contributed by atoms with E-state index in [1.807, 2.05) is 97.1 Å². The first-order valence-corrected chi connectivity index (χ1v) is 13.0. The van der Waals surface area contributed by atoms with Crippen LogP contribution in [-0.2, 0) is 21.1 Å². The van der Waals surface area contributed by atoms with Gasteiger partial charge in [-0.05, 0) is 0 Å². The minimum absolute atomic E-state index is 0.